The van der Waals surface area contributed by atoms with Crippen molar-refractivity contribution in [1.29, 1.82) is 0 Å². The summed E-state index contributed by atoms with van der Waals surface area (Å²) in [5.74, 6) is 0.655. The number of carbonyl (C=O) groups excluding carboxylic acids is 1. The summed E-state index contributed by atoms with van der Waals surface area (Å²) >= 11 is 0. The van der Waals surface area contributed by atoms with Crippen molar-refractivity contribution >= 4 is 5.91 Å². The third kappa shape index (κ3) is 3.81. The molecule has 1 aliphatic rings. The second-order valence-corrected chi connectivity index (χ2v) is 7.12. The molecule has 1 saturated carbocycles. The smallest absolute Gasteiger partial charge is 0.290 e. The van der Waals surface area contributed by atoms with Gasteiger partial charge in [-0.25, -0.2) is 0 Å². The standard InChI is InChI=1S/C19H24N2O2/c1-13(2)10-16-11-17(23-21-16)18(22)20-19(8-9-19)12-15-7-5-4-6-14(15)3/h4-7,11,13H,8-10,12H2,1-3H3,(H,20,22). The van der Waals surface area contributed by atoms with Crippen molar-refractivity contribution in [2.45, 2.75) is 52.0 Å². The Kier molecular flexibility index (Phi) is 4.24. The molecule has 0 radical (unpaired) electrons. The third-order valence-electron chi connectivity index (χ3n) is 4.42. The van der Waals surface area contributed by atoms with E-state index in [1.54, 1.807) is 6.07 Å². The SMILES string of the molecule is Cc1ccccc1CC1(NC(=O)c2cc(CC(C)C)no2)CC1. The van der Waals surface area contributed by atoms with Crippen molar-refractivity contribution in [1.82, 2.24) is 10.5 Å². The van der Waals surface area contributed by atoms with E-state index in [1.807, 2.05) is 6.07 Å². The van der Waals surface area contributed by atoms with Crippen molar-refractivity contribution in [2.75, 3.05) is 0 Å². The normalized spacial score (nSPS) is 15.7. The van der Waals surface area contributed by atoms with Gasteiger partial charge in [-0.3, -0.25) is 4.79 Å². The van der Waals surface area contributed by atoms with Crippen LogP contribution in [0.3, 0.4) is 0 Å². The van der Waals surface area contributed by atoms with Crippen molar-refractivity contribution < 1.29 is 9.32 Å². The number of rotatable bonds is 6. The number of nitrogens with zero attached hydrogens (tertiary/aromatic N) is 1. The number of benzene rings is 1. The summed E-state index contributed by atoms with van der Waals surface area (Å²) in [4.78, 5) is 12.4. The van der Waals surface area contributed by atoms with Gasteiger partial charge < -0.3 is 9.84 Å². The minimum atomic E-state index is -0.154. The Morgan fingerprint density at radius 2 is 2.09 bits per heavy atom. The fourth-order valence-corrected chi connectivity index (χ4v) is 2.91. The Morgan fingerprint density at radius 3 is 2.74 bits per heavy atom. The highest BCUT2D eigenvalue weighted by atomic mass is 16.5. The van der Waals surface area contributed by atoms with E-state index < -0.39 is 0 Å². The van der Waals surface area contributed by atoms with Crippen molar-refractivity contribution in [2.24, 2.45) is 5.92 Å². The molecule has 0 atom stereocenters. The molecule has 122 valence electrons. The lowest BCUT2D eigenvalue weighted by Crippen LogP contribution is -2.38. The van der Waals surface area contributed by atoms with E-state index in [9.17, 15) is 4.79 Å². The van der Waals surface area contributed by atoms with Crippen LogP contribution < -0.4 is 5.32 Å². The molecule has 0 saturated heterocycles. The van der Waals surface area contributed by atoms with Crippen LogP contribution in [0.5, 0.6) is 0 Å². The zero-order valence-corrected chi connectivity index (χ0v) is 14.1. The van der Waals surface area contributed by atoms with Gasteiger partial charge in [0, 0.05) is 11.6 Å². The first-order chi connectivity index (χ1) is 11.0. The predicted octanol–water partition coefficient (Wildman–Crippen LogP) is 3.69. The van der Waals surface area contributed by atoms with E-state index in [4.69, 9.17) is 4.52 Å². The molecule has 1 N–H and O–H groups in total. The zero-order chi connectivity index (χ0) is 16.4. The summed E-state index contributed by atoms with van der Waals surface area (Å²) in [6.45, 7) is 6.35. The monoisotopic (exact) mass is 312 g/mol. The molecule has 1 fully saturated rings. The lowest BCUT2D eigenvalue weighted by molar-refractivity contribution is 0.0894. The number of carbonyl (C=O) groups is 1. The van der Waals surface area contributed by atoms with Crippen LogP contribution in [0.2, 0.25) is 0 Å². The summed E-state index contributed by atoms with van der Waals surface area (Å²) < 4.78 is 5.21. The molecule has 4 heteroatoms. The maximum absolute atomic E-state index is 12.4. The Hall–Kier alpha value is -2.10. The predicted molar refractivity (Wildman–Crippen MR) is 89.4 cm³/mol. The fourth-order valence-electron chi connectivity index (χ4n) is 2.91. The van der Waals surface area contributed by atoms with Gasteiger partial charge in [-0.15, -0.1) is 0 Å². The zero-order valence-electron chi connectivity index (χ0n) is 14.1. The van der Waals surface area contributed by atoms with Crippen LogP contribution >= 0.6 is 0 Å². The summed E-state index contributed by atoms with van der Waals surface area (Å²) in [6, 6.07) is 10.1. The van der Waals surface area contributed by atoms with Gasteiger partial charge in [0.15, 0.2) is 0 Å². The number of nitrogens with one attached hydrogen (secondary N) is 1. The number of aromatic nitrogens is 1. The summed E-state index contributed by atoms with van der Waals surface area (Å²) in [5.41, 5.74) is 3.29. The van der Waals surface area contributed by atoms with E-state index in [2.05, 4.69) is 49.4 Å². The molecule has 0 unspecified atom stereocenters. The van der Waals surface area contributed by atoms with Crippen LogP contribution in [-0.2, 0) is 12.8 Å². The molecule has 2 aromatic rings. The molecular formula is C19H24N2O2. The molecule has 3 rings (SSSR count). The van der Waals surface area contributed by atoms with Gasteiger partial charge in [0.25, 0.3) is 5.91 Å². The van der Waals surface area contributed by atoms with Gasteiger partial charge in [-0.2, -0.15) is 0 Å². The second kappa shape index (κ2) is 6.19. The van der Waals surface area contributed by atoms with E-state index in [-0.39, 0.29) is 11.4 Å². The molecule has 1 aromatic heterocycles. The van der Waals surface area contributed by atoms with Crippen LogP contribution in [0.25, 0.3) is 0 Å². The van der Waals surface area contributed by atoms with Crippen LogP contribution in [0.4, 0.5) is 0 Å². The molecule has 1 aliphatic carbocycles. The average molecular weight is 312 g/mol. The number of amides is 1. The highest BCUT2D eigenvalue weighted by molar-refractivity contribution is 5.92. The first-order valence-electron chi connectivity index (χ1n) is 8.30. The molecular weight excluding hydrogens is 288 g/mol. The Balaban J connectivity index is 1.65. The summed E-state index contributed by atoms with van der Waals surface area (Å²) in [5, 5.41) is 7.14. The van der Waals surface area contributed by atoms with Crippen molar-refractivity contribution in [3.05, 3.63) is 52.9 Å². The Bertz CT molecular complexity index is 699. The van der Waals surface area contributed by atoms with Crippen molar-refractivity contribution in [3.8, 4) is 0 Å². The second-order valence-electron chi connectivity index (χ2n) is 7.12. The van der Waals surface area contributed by atoms with Crippen molar-refractivity contribution in [3.63, 3.8) is 0 Å². The average Bonchev–Trinajstić information content (AvgIpc) is 3.07. The van der Waals surface area contributed by atoms with E-state index in [1.165, 1.54) is 11.1 Å². The number of hydrogen-bond acceptors (Lipinski definition) is 3. The first kappa shape index (κ1) is 15.8. The van der Waals surface area contributed by atoms with Gasteiger partial charge in [0.05, 0.1) is 5.69 Å². The fraction of sp³-hybridized carbons (Fsp3) is 0.474. The molecule has 0 spiro atoms. The van der Waals surface area contributed by atoms with Gasteiger partial charge >= 0.3 is 0 Å². The molecule has 0 aliphatic heterocycles. The maximum atomic E-state index is 12.4. The Morgan fingerprint density at radius 1 is 1.35 bits per heavy atom. The van der Waals surface area contributed by atoms with E-state index >= 15 is 0 Å². The van der Waals surface area contributed by atoms with Crippen LogP contribution in [0.15, 0.2) is 34.9 Å². The maximum Gasteiger partial charge on any atom is 0.290 e. The van der Waals surface area contributed by atoms with Crippen LogP contribution in [0.1, 0.15) is 54.1 Å². The third-order valence-corrected chi connectivity index (χ3v) is 4.42. The summed E-state index contributed by atoms with van der Waals surface area (Å²) in [7, 11) is 0. The topological polar surface area (TPSA) is 55.1 Å². The molecule has 1 amide bonds. The van der Waals surface area contributed by atoms with Gasteiger partial charge in [0.2, 0.25) is 5.76 Å². The quantitative estimate of drug-likeness (QED) is 0.885. The molecule has 1 aromatic carbocycles. The highest BCUT2D eigenvalue weighted by Crippen LogP contribution is 2.39. The van der Waals surface area contributed by atoms with Crippen LogP contribution in [0, 0.1) is 12.8 Å². The highest BCUT2D eigenvalue weighted by Gasteiger charge is 2.44. The van der Waals surface area contributed by atoms with E-state index in [0.717, 1.165) is 31.4 Å². The minimum Gasteiger partial charge on any atom is -0.351 e. The van der Waals surface area contributed by atoms with Gasteiger partial charge in [0.1, 0.15) is 0 Å². The molecule has 23 heavy (non-hydrogen) atoms. The molecule has 0 bridgehead atoms. The minimum absolute atomic E-state index is 0.117. The number of hydrogen-bond donors (Lipinski definition) is 1. The van der Waals surface area contributed by atoms with Crippen LogP contribution in [-0.4, -0.2) is 16.6 Å². The number of aryl methyl sites for hydroxylation is 1. The summed E-state index contributed by atoms with van der Waals surface area (Å²) in [6.07, 6.45) is 3.73. The van der Waals surface area contributed by atoms with E-state index in [0.29, 0.717) is 11.7 Å². The lowest BCUT2D eigenvalue weighted by Gasteiger charge is -2.17. The molecule has 4 nitrogen and oxygen atoms in total. The van der Waals surface area contributed by atoms with Gasteiger partial charge in [-0.05, 0) is 49.7 Å². The lowest BCUT2D eigenvalue weighted by atomic mass is 9.99. The first-order valence-corrected chi connectivity index (χ1v) is 8.30. The van der Waals surface area contributed by atoms with Gasteiger partial charge in [-0.1, -0.05) is 43.3 Å². The Labute approximate surface area is 137 Å². The molecule has 1 heterocycles. The largest absolute Gasteiger partial charge is 0.351 e.